The number of carboxylic acids is 1. The van der Waals surface area contributed by atoms with Crippen LogP contribution in [0.3, 0.4) is 0 Å². The van der Waals surface area contributed by atoms with Crippen molar-refractivity contribution in [2.45, 2.75) is 26.4 Å². The predicted molar refractivity (Wildman–Crippen MR) is 50.6 cm³/mol. The smallest absolute Gasteiger partial charge is 0.330 e. The normalized spacial score (nSPS) is 13.1. The van der Waals surface area contributed by atoms with Gasteiger partial charge in [-0.15, -0.1) is 0 Å². The van der Waals surface area contributed by atoms with Gasteiger partial charge in [0.05, 0.1) is 5.60 Å². The molecule has 76 valence electrons. The molecule has 0 radical (unpaired) electrons. The highest BCUT2D eigenvalue weighted by atomic mass is 16.4. The van der Waals surface area contributed by atoms with E-state index in [1.165, 1.54) is 6.92 Å². The number of aliphatic hydroxyl groups is 1. The maximum Gasteiger partial charge on any atom is 0.330 e. The van der Waals surface area contributed by atoms with E-state index in [-0.39, 0.29) is 0 Å². The van der Waals surface area contributed by atoms with Gasteiger partial charge in [-0.2, -0.15) is 0 Å². The second kappa shape index (κ2) is 4.99. The molecule has 4 heteroatoms. The van der Waals surface area contributed by atoms with Crippen molar-refractivity contribution in [2.75, 3.05) is 13.1 Å². The van der Waals surface area contributed by atoms with Crippen molar-refractivity contribution in [2.24, 2.45) is 0 Å². The summed E-state index contributed by atoms with van der Waals surface area (Å²) in [6.45, 7) is 5.81. The molecule has 0 saturated heterocycles. The first-order valence-corrected chi connectivity index (χ1v) is 4.16. The summed E-state index contributed by atoms with van der Waals surface area (Å²) in [5.41, 5.74) is -0.450. The van der Waals surface area contributed by atoms with Gasteiger partial charge in [-0.3, -0.25) is 0 Å². The molecule has 0 amide bonds. The third-order valence-electron chi connectivity index (χ3n) is 1.45. The summed E-state index contributed by atoms with van der Waals surface area (Å²) in [7, 11) is 0. The van der Waals surface area contributed by atoms with E-state index in [0.717, 1.165) is 0 Å². The van der Waals surface area contributed by atoms with Crippen molar-refractivity contribution in [3.05, 3.63) is 11.6 Å². The van der Waals surface area contributed by atoms with Gasteiger partial charge in [0, 0.05) is 18.7 Å². The van der Waals surface area contributed by atoms with Crippen LogP contribution in [0.15, 0.2) is 11.6 Å². The fourth-order valence-corrected chi connectivity index (χ4v) is 0.691. The van der Waals surface area contributed by atoms with E-state index < -0.39 is 11.6 Å². The van der Waals surface area contributed by atoms with Crippen molar-refractivity contribution >= 4 is 5.97 Å². The molecular formula is C9H17NO3. The van der Waals surface area contributed by atoms with Crippen LogP contribution in [0.5, 0.6) is 0 Å². The fourth-order valence-electron chi connectivity index (χ4n) is 0.691. The molecule has 0 rings (SSSR count). The molecule has 0 heterocycles. The summed E-state index contributed by atoms with van der Waals surface area (Å²) in [4.78, 5) is 10.3. The van der Waals surface area contributed by atoms with Gasteiger partial charge in [0.25, 0.3) is 0 Å². The number of nitrogens with one attached hydrogen (secondary N) is 1. The van der Waals surface area contributed by atoms with Crippen LogP contribution in [-0.2, 0) is 4.79 Å². The van der Waals surface area contributed by atoms with Crippen molar-refractivity contribution in [3.8, 4) is 0 Å². The van der Waals surface area contributed by atoms with E-state index in [0.29, 0.717) is 18.7 Å². The fraction of sp³-hybridized carbons (Fsp3) is 0.667. The van der Waals surface area contributed by atoms with Crippen LogP contribution in [0.2, 0.25) is 0 Å². The lowest BCUT2D eigenvalue weighted by atomic mass is 10.1. The molecule has 0 aliphatic carbocycles. The second-order valence-corrected chi connectivity index (χ2v) is 3.64. The van der Waals surface area contributed by atoms with Crippen LogP contribution < -0.4 is 5.32 Å². The molecule has 4 nitrogen and oxygen atoms in total. The third kappa shape index (κ3) is 7.49. The summed E-state index contributed by atoms with van der Waals surface area (Å²) < 4.78 is 0. The molecule has 0 aromatic rings. The molecule has 0 saturated carbocycles. The van der Waals surface area contributed by atoms with E-state index in [1.54, 1.807) is 19.9 Å². The van der Waals surface area contributed by atoms with Crippen LogP contribution in [0.4, 0.5) is 0 Å². The zero-order valence-corrected chi connectivity index (χ0v) is 8.29. The molecule has 0 unspecified atom stereocenters. The van der Waals surface area contributed by atoms with Crippen LogP contribution >= 0.6 is 0 Å². The third-order valence-corrected chi connectivity index (χ3v) is 1.45. The first-order chi connectivity index (χ1) is 5.83. The molecule has 0 atom stereocenters. The number of rotatable bonds is 5. The average molecular weight is 187 g/mol. The monoisotopic (exact) mass is 187 g/mol. The number of aliphatic carboxylic acids is 1. The standard InChI is InChI=1S/C9H17NO3/c1-7(8(11)12)4-5-10-6-9(2,3)13/h4,10,13H,5-6H2,1-3H3,(H,11,12). The Balaban J connectivity index is 3.68. The number of carbonyl (C=O) groups is 1. The quantitative estimate of drug-likeness (QED) is 0.430. The van der Waals surface area contributed by atoms with Crippen LogP contribution in [-0.4, -0.2) is 34.9 Å². The second-order valence-electron chi connectivity index (χ2n) is 3.64. The van der Waals surface area contributed by atoms with E-state index in [1.807, 2.05) is 0 Å². The van der Waals surface area contributed by atoms with Gasteiger partial charge >= 0.3 is 5.97 Å². The van der Waals surface area contributed by atoms with E-state index in [9.17, 15) is 9.90 Å². The molecular weight excluding hydrogens is 170 g/mol. The molecule has 0 fully saturated rings. The Bertz CT molecular complexity index is 203. The topological polar surface area (TPSA) is 69.6 Å². The summed E-state index contributed by atoms with van der Waals surface area (Å²) in [6, 6.07) is 0. The molecule has 0 aliphatic rings. The van der Waals surface area contributed by atoms with Crippen molar-refractivity contribution in [1.82, 2.24) is 5.32 Å². The minimum Gasteiger partial charge on any atom is -0.478 e. The molecule has 13 heavy (non-hydrogen) atoms. The summed E-state index contributed by atoms with van der Waals surface area (Å²) in [5.74, 6) is -0.912. The Morgan fingerprint density at radius 3 is 2.46 bits per heavy atom. The Morgan fingerprint density at radius 1 is 1.54 bits per heavy atom. The Hall–Kier alpha value is -0.870. The van der Waals surface area contributed by atoms with Gasteiger partial charge in [0.1, 0.15) is 0 Å². The van der Waals surface area contributed by atoms with Gasteiger partial charge in [0.2, 0.25) is 0 Å². The van der Waals surface area contributed by atoms with E-state index in [2.05, 4.69) is 5.32 Å². The van der Waals surface area contributed by atoms with Crippen molar-refractivity contribution in [1.29, 1.82) is 0 Å². The lowest BCUT2D eigenvalue weighted by molar-refractivity contribution is -0.132. The van der Waals surface area contributed by atoms with Crippen molar-refractivity contribution < 1.29 is 15.0 Å². The minimum atomic E-state index is -0.912. The summed E-state index contributed by atoms with van der Waals surface area (Å²) >= 11 is 0. The number of carboxylic acid groups (broad SMARTS) is 1. The lowest BCUT2D eigenvalue weighted by Gasteiger charge is -2.16. The van der Waals surface area contributed by atoms with Gasteiger partial charge in [0.15, 0.2) is 0 Å². The number of hydrogen-bond acceptors (Lipinski definition) is 3. The SMILES string of the molecule is CC(=CCNCC(C)(C)O)C(=O)O. The zero-order chi connectivity index (χ0) is 10.5. The summed E-state index contributed by atoms with van der Waals surface area (Å²) in [5, 5.41) is 20.7. The zero-order valence-electron chi connectivity index (χ0n) is 8.29. The Labute approximate surface area is 78.3 Å². The maximum atomic E-state index is 10.3. The Kier molecular flexibility index (Phi) is 4.66. The summed E-state index contributed by atoms with van der Waals surface area (Å²) in [6.07, 6.45) is 1.58. The number of hydrogen-bond donors (Lipinski definition) is 3. The Morgan fingerprint density at radius 2 is 2.08 bits per heavy atom. The predicted octanol–water partition coefficient (Wildman–Crippen LogP) is 0.378. The largest absolute Gasteiger partial charge is 0.478 e. The maximum absolute atomic E-state index is 10.3. The highest BCUT2D eigenvalue weighted by Gasteiger charge is 2.10. The average Bonchev–Trinajstić information content (AvgIpc) is 1.95. The van der Waals surface area contributed by atoms with Crippen LogP contribution in [0.1, 0.15) is 20.8 Å². The van der Waals surface area contributed by atoms with Crippen LogP contribution in [0.25, 0.3) is 0 Å². The molecule has 0 aromatic carbocycles. The van der Waals surface area contributed by atoms with E-state index in [4.69, 9.17) is 5.11 Å². The van der Waals surface area contributed by atoms with Gasteiger partial charge in [-0.25, -0.2) is 4.79 Å². The van der Waals surface area contributed by atoms with Gasteiger partial charge in [-0.1, -0.05) is 6.08 Å². The molecule has 0 spiro atoms. The highest BCUT2D eigenvalue weighted by Crippen LogP contribution is 1.97. The van der Waals surface area contributed by atoms with Gasteiger partial charge < -0.3 is 15.5 Å². The molecule has 0 aliphatic heterocycles. The lowest BCUT2D eigenvalue weighted by Crippen LogP contribution is -2.34. The molecule has 3 N–H and O–H groups in total. The van der Waals surface area contributed by atoms with Gasteiger partial charge in [-0.05, 0) is 20.8 Å². The first kappa shape index (κ1) is 12.1. The molecule has 0 bridgehead atoms. The molecule has 0 aromatic heterocycles. The van der Waals surface area contributed by atoms with Crippen LogP contribution in [0, 0.1) is 0 Å². The first-order valence-electron chi connectivity index (χ1n) is 4.16. The highest BCUT2D eigenvalue weighted by molar-refractivity contribution is 5.85. The minimum absolute atomic E-state index is 0.309. The van der Waals surface area contributed by atoms with E-state index >= 15 is 0 Å². The van der Waals surface area contributed by atoms with Crippen molar-refractivity contribution in [3.63, 3.8) is 0 Å².